The zero-order valence-corrected chi connectivity index (χ0v) is 23.6. The van der Waals surface area contributed by atoms with Gasteiger partial charge in [0.2, 0.25) is 0 Å². The number of hydrogen-bond donors (Lipinski definition) is 3. The number of aliphatic hydroxyl groups is 2. The van der Waals surface area contributed by atoms with E-state index in [4.69, 9.17) is 4.42 Å². The summed E-state index contributed by atoms with van der Waals surface area (Å²) in [6, 6.07) is 3.17. The summed E-state index contributed by atoms with van der Waals surface area (Å²) in [5.41, 5.74) is -1.78. The van der Waals surface area contributed by atoms with E-state index in [0.29, 0.717) is 19.4 Å². The molecule has 1 aromatic rings. The molecule has 6 rings (SSSR count). The Kier molecular flexibility index (Phi) is 6.71. The Morgan fingerprint density at radius 2 is 1.72 bits per heavy atom. The molecule has 5 fully saturated rings. The van der Waals surface area contributed by atoms with Gasteiger partial charge in [0, 0.05) is 30.6 Å². The molecule has 4 saturated carbocycles. The summed E-state index contributed by atoms with van der Waals surface area (Å²) >= 11 is 0. The number of carboxylic acid groups (broad SMARTS) is 1. The molecule has 0 aromatic carbocycles. The maximum atomic E-state index is 12.5. The van der Waals surface area contributed by atoms with E-state index in [9.17, 15) is 24.9 Å². The Hall–Kier alpha value is -1.90. The lowest BCUT2D eigenvalue weighted by Gasteiger charge is -2.66. The summed E-state index contributed by atoms with van der Waals surface area (Å²) in [6.45, 7) is 7.80. The van der Waals surface area contributed by atoms with Crippen LogP contribution in [0.2, 0.25) is 0 Å². The molecule has 1 amide bonds. The van der Waals surface area contributed by atoms with Gasteiger partial charge in [0.25, 0.3) is 0 Å². The second-order valence-electron chi connectivity index (χ2n) is 14.0. The van der Waals surface area contributed by atoms with E-state index >= 15 is 0 Å². The number of hydrogen-bond acceptors (Lipinski definition) is 6. The second kappa shape index (κ2) is 9.59. The molecular formula is C31H46N2O6. The number of fused-ring (bicyclic) bond motifs is 5. The van der Waals surface area contributed by atoms with Gasteiger partial charge in [-0.05, 0) is 119 Å². The fraction of sp³-hybridized carbons (Fsp3) is 0.806. The van der Waals surface area contributed by atoms with Gasteiger partial charge in [-0.3, -0.25) is 0 Å². The molecule has 8 nitrogen and oxygen atoms in total. The highest BCUT2D eigenvalue weighted by atomic mass is 16.4. The van der Waals surface area contributed by atoms with Crippen molar-refractivity contribution < 1.29 is 24.5 Å². The highest BCUT2D eigenvalue weighted by Crippen LogP contribution is 2.71. The van der Waals surface area contributed by atoms with Crippen LogP contribution in [0.25, 0.3) is 0 Å². The molecule has 5 aliphatic rings. The van der Waals surface area contributed by atoms with Crippen LogP contribution >= 0.6 is 0 Å². The lowest BCUT2D eigenvalue weighted by molar-refractivity contribution is -0.249. The van der Waals surface area contributed by atoms with E-state index in [1.807, 2.05) is 6.07 Å². The third-order valence-electron chi connectivity index (χ3n) is 12.6. The van der Waals surface area contributed by atoms with Gasteiger partial charge in [0.05, 0.1) is 17.5 Å². The first kappa shape index (κ1) is 27.3. The minimum atomic E-state index is -0.927. The highest BCUT2D eigenvalue weighted by molar-refractivity contribution is 5.65. The normalized spacial score (nSPS) is 43.9. The van der Waals surface area contributed by atoms with Gasteiger partial charge in [-0.15, -0.1) is 0 Å². The van der Waals surface area contributed by atoms with Crippen molar-refractivity contribution in [2.45, 2.75) is 108 Å². The SMILES string of the molecule is C[C@]12CC[C@H](N(CCN3CCCC3)C(=O)O)C[C@@]1(O)CC[C@@H]1[C@@H]2CC[C@]2(C)[C@@H](c3ccc(=O)oc3)CC[C@]12O. The summed E-state index contributed by atoms with van der Waals surface area (Å²) in [5.74, 6) is 0.437. The average molecular weight is 543 g/mol. The standard InChI is InChI=1S/C31H46N2O6/c1-28-11-7-22(33(27(35)36)18-17-32-15-3-4-16-32)19-30(28,37)13-9-25-24(28)8-12-29(2)23(10-14-31(25,29)38)21-5-6-26(34)39-20-21/h5-6,20,22-25,37-38H,3-4,7-19H2,1-2H3,(H,35,36)/t22-,23+,24-,25+,28+,29+,30-,31-/m0/s1. The van der Waals surface area contributed by atoms with E-state index in [1.165, 1.54) is 18.9 Å². The van der Waals surface area contributed by atoms with Crippen LogP contribution in [0.1, 0.15) is 96.0 Å². The molecule has 2 heterocycles. The largest absolute Gasteiger partial charge is 0.465 e. The first-order chi connectivity index (χ1) is 18.5. The Bertz CT molecular complexity index is 1130. The van der Waals surface area contributed by atoms with Crippen LogP contribution in [0.5, 0.6) is 0 Å². The Balaban J connectivity index is 1.21. The van der Waals surface area contributed by atoms with Crippen LogP contribution in [-0.4, -0.2) is 74.6 Å². The fourth-order valence-corrected chi connectivity index (χ4v) is 10.3. The number of likely N-dealkylation sites (tertiary alicyclic amines) is 1. The minimum absolute atomic E-state index is 0.101. The molecular weight excluding hydrogens is 496 g/mol. The minimum Gasteiger partial charge on any atom is -0.465 e. The number of carbonyl (C=O) groups is 1. The molecule has 39 heavy (non-hydrogen) atoms. The molecule has 0 bridgehead atoms. The lowest BCUT2D eigenvalue weighted by Crippen LogP contribution is -2.68. The van der Waals surface area contributed by atoms with Gasteiger partial charge in [0.1, 0.15) is 0 Å². The summed E-state index contributed by atoms with van der Waals surface area (Å²) in [7, 11) is 0. The van der Waals surface area contributed by atoms with Crippen LogP contribution in [-0.2, 0) is 0 Å². The maximum Gasteiger partial charge on any atom is 0.407 e. The number of amides is 1. The zero-order chi connectivity index (χ0) is 27.6. The average Bonchev–Trinajstić information content (AvgIpc) is 3.51. The molecule has 8 atom stereocenters. The van der Waals surface area contributed by atoms with Crippen LogP contribution < -0.4 is 5.63 Å². The van der Waals surface area contributed by atoms with Crippen molar-refractivity contribution in [1.82, 2.24) is 9.80 Å². The Labute approximate surface area is 231 Å². The predicted octanol–water partition coefficient (Wildman–Crippen LogP) is 4.44. The molecule has 0 radical (unpaired) electrons. The van der Waals surface area contributed by atoms with Crippen molar-refractivity contribution in [3.63, 3.8) is 0 Å². The van der Waals surface area contributed by atoms with Crippen LogP contribution in [0.15, 0.2) is 27.6 Å². The molecule has 3 N–H and O–H groups in total. The number of nitrogens with zero attached hydrogens (tertiary/aromatic N) is 2. The first-order valence-corrected chi connectivity index (χ1v) is 15.3. The zero-order valence-electron chi connectivity index (χ0n) is 23.6. The number of rotatable bonds is 5. The van der Waals surface area contributed by atoms with Crippen LogP contribution in [0.4, 0.5) is 4.79 Å². The highest BCUT2D eigenvalue weighted by Gasteiger charge is 2.70. The Morgan fingerprint density at radius 3 is 2.41 bits per heavy atom. The predicted molar refractivity (Wildman–Crippen MR) is 147 cm³/mol. The second-order valence-corrected chi connectivity index (χ2v) is 14.0. The molecule has 1 aliphatic heterocycles. The van der Waals surface area contributed by atoms with Gasteiger partial charge >= 0.3 is 11.7 Å². The molecule has 0 unspecified atom stereocenters. The molecule has 0 spiro atoms. The van der Waals surface area contributed by atoms with Gasteiger partial charge in [-0.2, -0.15) is 0 Å². The lowest BCUT2D eigenvalue weighted by atomic mass is 9.41. The fourth-order valence-electron chi connectivity index (χ4n) is 10.3. The molecule has 1 aromatic heterocycles. The van der Waals surface area contributed by atoms with Gasteiger partial charge in [-0.1, -0.05) is 13.8 Å². The van der Waals surface area contributed by atoms with E-state index in [1.54, 1.807) is 11.2 Å². The van der Waals surface area contributed by atoms with Crippen molar-refractivity contribution in [2.24, 2.45) is 22.7 Å². The van der Waals surface area contributed by atoms with Gasteiger partial charge in [-0.25, -0.2) is 9.59 Å². The van der Waals surface area contributed by atoms with E-state index in [0.717, 1.165) is 70.1 Å². The quantitative estimate of drug-likeness (QED) is 0.504. The maximum absolute atomic E-state index is 12.5. The Morgan fingerprint density at radius 1 is 1.00 bits per heavy atom. The van der Waals surface area contributed by atoms with Crippen molar-refractivity contribution in [1.29, 1.82) is 0 Å². The monoisotopic (exact) mass is 542 g/mol. The van der Waals surface area contributed by atoms with E-state index in [2.05, 4.69) is 18.7 Å². The summed E-state index contributed by atoms with van der Waals surface area (Å²) in [6.07, 6.45) is 9.84. The summed E-state index contributed by atoms with van der Waals surface area (Å²) in [4.78, 5) is 27.8. The van der Waals surface area contributed by atoms with Crippen LogP contribution in [0.3, 0.4) is 0 Å². The summed E-state index contributed by atoms with van der Waals surface area (Å²) < 4.78 is 5.21. The van der Waals surface area contributed by atoms with Crippen molar-refractivity contribution in [2.75, 3.05) is 26.2 Å². The molecule has 1 saturated heterocycles. The van der Waals surface area contributed by atoms with Crippen molar-refractivity contribution >= 4 is 6.09 Å². The molecule has 8 heteroatoms. The third-order valence-corrected chi connectivity index (χ3v) is 12.6. The molecule has 216 valence electrons. The van der Waals surface area contributed by atoms with Crippen LogP contribution in [0, 0.1) is 22.7 Å². The van der Waals surface area contributed by atoms with E-state index < -0.39 is 17.3 Å². The first-order valence-electron chi connectivity index (χ1n) is 15.3. The van der Waals surface area contributed by atoms with Crippen molar-refractivity contribution in [3.8, 4) is 0 Å². The summed E-state index contributed by atoms with van der Waals surface area (Å²) in [5, 5.41) is 34.8. The third kappa shape index (κ3) is 4.11. The van der Waals surface area contributed by atoms with Crippen molar-refractivity contribution in [3.05, 3.63) is 34.4 Å². The van der Waals surface area contributed by atoms with Gasteiger partial charge in [0.15, 0.2) is 0 Å². The molecule has 4 aliphatic carbocycles. The van der Waals surface area contributed by atoms with E-state index in [-0.39, 0.29) is 40.3 Å². The smallest absolute Gasteiger partial charge is 0.407 e. The topological polar surface area (TPSA) is 114 Å². The van der Waals surface area contributed by atoms with Gasteiger partial charge < -0.3 is 29.5 Å².